The molecule has 4 aromatic rings. The molecule has 1 aliphatic heterocycles. The highest BCUT2D eigenvalue weighted by Gasteiger charge is 2.34. The van der Waals surface area contributed by atoms with Gasteiger partial charge in [0, 0.05) is 37.2 Å². The summed E-state index contributed by atoms with van der Waals surface area (Å²) < 4.78 is 1.66. The Balaban J connectivity index is 1.30. The number of thioether (sulfide) groups is 1. The first-order valence-electron chi connectivity index (χ1n) is 11.2. The Bertz CT molecular complexity index is 1440. The summed E-state index contributed by atoms with van der Waals surface area (Å²) in [7, 11) is 0. The Morgan fingerprint density at radius 2 is 1.72 bits per heavy atom. The van der Waals surface area contributed by atoms with E-state index < -0.39 is 0 Å². The van der Waals surface area contributed by atoms with Gasteiger partial charge in [0.25, 0.3) is 17.1 Å². The molecule has 0 spiro atoms. The summed E-state index contributed by atoms with van der Waals surface area (Å²) >= 11 is 0.877. The number of hydrogen-bond acceptors (Lipinski definition) is 6. The van der Waals surface area contributed by atoms with Crippen molar-refractivity contribution in [1.29, 1.82) is 0 Å². The largest absolute Gasteiger partial charge is 0.350 e. The van der Waals surface area contributed by atoms with Crippen molar-refractivity contribution in [2.24, 2.45) is 0 Å². The fourth-order valence-corrected chi connectivity index (χ4v) is 4.61. The molecule has 2 aromatic carbocycles. The molecule has 1 aliphatic rings. The minimum absolute atomic E-state index is 0.0638. The van der Waals surface area contributed by atoms with Crippen LogP contribution in [-0.4, -0.2) is 49.8 Å². The Kier molecular flexibility index (Phi) is 6.72. The number of carbonyl (C=O) groups excluding carboxylic acids is 3. The lowest BCUT2D eigenvalue weighted by Gasteiger charge is -2.13. The lowest BCUT2D eigenvalue weighted by molar-refractivity contribution is -0.122. The maximum absolute atomic E-state index is 13.1. The van der Waals surface area contributed by atoms with Crippen LogP contribution < -0.4 is 5.32 Å². The number of amides is 3. The van der Waals surface area contributed by atoms with Crippen molar-refractivity contribution in [3.05, 3.63) is 107 Å². The SMILES string of the molecule is O=C(NCCN1C(=O)SC(=Cc2cccnc2)C1=O)c1cn(-c2ccccc2)nc1-c1ccccc1. The molecule has 9 heteroatoms. The quantitative estimate of drug-likeness (QED) is 0.382. The predicted octanol–water partition coefficient (Wildman–Crippen LogP) is 4.40. The number of benzene rings is 2. The van der Waals surface area contributed by atoms with Crippen LogP contribution in [0.15, 0.2) is 96.3 Å². The van der Waals surface area contributed by atoms with Crippen molar-refractivity contribution in [2.75, 3.05) is 13.1 Å². The van der Waals surface area contributed by atoms with E-state index in [1.807, 2.05) is 60.7 Å². The first kappa shape index (κ1) is 23.3. The summed E-state index contributed by atoms with van der Waals surface area (Å²) in [5.41, 5.74) is 3.31. The molecule has 1 fully saturated rings. The van der Waals surface area contributed by atoms with E-state index >= 15 is 0 Å². The molecule has 0 aliphatic carbocycles. The van der Waals surface area contributed by atoms with Gasteiger partial charge in [-0.3, -0.25) is 24.3 Å². The van der Waals surface area contributed by atoms with Gasteiger partial charge in [-0.25, -0.2) is 4.68 Å². The molecule has 0 unspecified atom stereocenters. The van der Waals surface area contributed by atoms with Crippen LogP contribution in [0, 0.1) is 0 Å². The van der Waals surface area contributed by atoms with E-state index in [0.717, 1.165) is 33.5 Å². The van der Waals surface area contributed by atoms with Crippen molar-refractivity contribution in [2.45, 2.75) is 0 Å². The smallest absolute Gasteiger partial charge is 0.293 e. The van der Waals surface area contributed by atoms with Crippen LogP contribution in [0.1, 0.15) is 15.9 Å². The molecule has 8 nitrogen and oxygen atoms in total. The van der Waals surface area contributed by atoms with Gasteiger partial charge in [-0.15, -0.1) is 0 Å². The molecular formula is C27H21N5O3S. The first-order valence-corrected chi connectivity index (χ1v) is 12.1. The zero-order valence-electron chi connectivity index (χ0n) is 19.1. The summed E-state index contributed by atoms with van der Waals surface area (Å²) in [6.45, 7) is 0.177. The Morgan fingerprint density at radius 3 is 2.44 bits per heavy atom. The number of nitrogens with one attached hydrogen (secondary N) is 1. The number of nitrogens with zero attached hydrogens (tertiary/aromatic N) is 4. The number of aromatic nitrogens is 3. The summed E-state index contributed by atoms with van der Waals surface area (Å²) in [4.78, 5) is 43.8. The zero-order chi connectivity index (χ0) is 24.9. The molecule has 0 bridgehead atoms. The third-order valence-corrected chi connectivity index (χ3v) is 6.41. The van der Waals surface area contributed by atoms with E-state index in [1.54, 1.807) is 41.5 Å². The molecule has 5 rings (SSSR count). The minimum Gasteiger partial charge on any atom is -0.350 e. The van der Waals surface area contributed by atoms with E-state index in [4.69, 9.17) is 0 Å². The molecule has 0 atom stereocenters. The van der Waals surface area contributed by atoms with E-state index in [2.05, 4.69) is 15.4 Å². The maximum atomic E-state index is 13.1. The first-order chi connectivity index (χ1) is 17.6. The van der Waals surface area contributed by atoms with Gasteiger partial charge in [-0.1, -0.05) is 54.6 Å². The highest BCUT2D eigenvalue weighted by Crippen LogP contribution is 2.31. The van der Waals surface area contributed by atoms with Crippen LogP contribution in [0.4, 0.5) is 4.79 Å². The lowest BCUT2D eigenvalue weighted by atomic mass is 10.1. The average Bonchev–Trinajstić information content (AvgIpc) is 3.48. The summed E-state index contributed by atoms with van der Waals surface area (Å²) in [5.74, 6) is -0.723. The molecule has 36 heavy (non-hydrogen) atoms. The molecule has 1 N–H and O–H groups in total. The number of imide groups is 1. The molecule has 3 amide bonds. The van der Waals surface area contributed by atoms with Gasteiger partial charge in [0.15, 0.2) is 0 Å². The zero-order valence-corrected chi connectivity index (χ0v) is 19.9. The Labute approximate surface area is 211 Å². The molecular weight excluding hydrogens is 474 g/mol. The third kappa shape index (κ3) is 4.96. The van der Waals surface area contributed by atoms with Gasteiger partial charge >= 0.3 is 0 Å². The average molecular weight is 496 g/mol. The third-order valence-electron chi connectivity index (χ3n) is 5.50. The predicted molar refractivity (Wildman–Crippen MR) is 138 cm³/mol. The second-order valence-electron chi connectivity index (χ2n) is 7.91. The maximum Gasteiger partial charge on any atom is 0.293 e. The fourth-order valence-electron chi connectivity index (χ4n) is 3.74. The molecule has 0 saturated carbocycles. The van der Waals surface area contributed by atoms with Gasteiger partial charge in [-0.2, -0.15) is 5.10 Å². The number of rotatable bonds is 7. The fraction of sp³-hybridized carbons (Fsp3) is 0.0741. The summed E-state index contributed by atoms with van der Waals surface area (Å²) in [5, 5.41) is 7.11. The van der Waals surface area contributed by atoms with E-state index in [1.165, 1.54) is 0 Å². The number of carbonyl (C=O) groups is 3. The minimum atomic E-state index is -0.384. The number of hydrogen-bond donors (Lipinski definition) is 1. The summed E-state index contributed by atoms with van der Waals surface area (Å²) in [6, 6.07) is 22.5. The van der Waals surface area contributed by atoms with Crippen LogP contribution in [0.5, 0.6) is 0 Å². The highest BCUT2D eigenvalue weighted by atomic mass is 32.2. The van der Waals surface area contributed by atoms with Gasteiger partial charge in [0.05, 0.1) is 16.2 Å². The van der Waals surface area contributed by atoms with Crippen LogP contribution in [-0.2, 0) is 4.79 Å². The topological polar surface area (TPSA) is 97.2 Å². The van der Waals surface area contributed by atoms with Gasteiger partial charge in [0.1, 0.15) is 5.69 Å². The molecule has 2 aromatic heterocycles. The molecule has 3 heterocycles. The van der Waals surface area contributed by atoms with Crippen molar-refractivity contribution in [1.82, 2.24) is 25.0 Å². The normalized spacial score (nSPS) is 14.4. The second-order valence-corrected chi connectivity index (χ2v) is 8.91. The second kappa shape index (κ2) is 10.4. The van der Waals surface area contributed by atoms with Crippen molar-refractivity contribution in [3.63, 3.8) is 0 Å². The number of pyridine rings is 1. The lowest BCUT2D eigenvalue weighted by Crippen LogP contribution is -2.37. The monoisotopic (exact) mass is 495 g/mol. The Morgan fingerprint density at radius 1 is 0.972 bits per heavy atom. The van der Waals surface area contributed by atoms with Gasteiger partial charge in [0.2, 0.25) is 0 Å². The summed E-state index contributed by atoms with van der Waals surface area (Å²) in [6.07, 6.45) is 6.58. The van der Waals surface area contributed by atoms with E-state index in [-0.39, 0.29) is 30.1 Å². The van der Waals surface area contributed by atoms with Crippen LogP contribution >= 0.6 is 11.8 Å². The molecule has 1 saturated heterocycles. The molecule has 178 valence electrons. The van der Waals surface area contributed by atoms with Crippen molar-refractivity contribution in [3.8, 4) is 16.9 Å². The van der Waals surface area contributed by atoms with E-state index in [0.29, 0.717) is 16.2 Å². The van der Waals surface area contributed by atoms with Gasteiger partial charge < -0.3 is 5.32 Å². The van der Waals surface area contributed by atoms with Gasteiger partial charge in [-0.05, 0) is 41.6 Å². The van der Waals surface area contributed by atoms with Crippen LogP contribution in [0.25, 0.3) is 23.0 Å². The van der Waals surface area contributed by atoms with Crippen molar-refractivity contribution >= 4 is 34.9 Å². The highest BCUT2D eigenvalue weighted by molar-refractivity contribution is 8.18. The Hall–Kier alpha value is -4.50. The van der Waals surface area contributed by atoms with Crippen molar-refractivity contribution < 1.29 is 14.4 Å². The molecule has 0 radical (unpaired) electrons. The van der Waals surface area contributed by atoms with Crippen LogP contribution in [0.3, 0.4) is 0 Å². The van der Waals surface area contributed by atoms with E-state index in [9.17, 15) is 14.4 Å². The van der Waals surface area contributed by atoms with Crippen LogP contribution in [0.2, 0.25) is 0 Å². The number of para-hydroxylation sites is 1. The standard InChI is InChI=1S/C27H21N5O3S/c33-25(29-14-15-31-26(34)23(36-27(31)35)16-19-8-7-13-28-17-19)22-18-32(21-11-5-2-6-12-21)30-24(22)20-9-3-1-4-10-20/h1-13,16-18H,14-15H2,(H,29,33).